The fourth-order valence-corrected chi connectivity index (χ4v) is 14.6. The van der Waals surface area contributed by atoms with Gasteiger partial charge in [-0.25, -0.2) is 0 Å². The van der Waals surface area contributed by atoms with Crippen molar-refractivity contribution in [2.24, 2.45) is 0 Å². The van der Waals surface area contributed by atoms with Gasteiger partial charge >= 0.3 is 0 Å². The van der Waals surface area contributed by atoms with Crippen LogP contribution >= 0.6 is 30.6 Å². The number of hydrogen-bond acceptors (Lipinski definition) is 1. The maximum Gasteiger partial charge on any atom is 0.253 e. The van der Waals surface area contributed by atoms with E-state index < -0.39 is 13.9 Å². The molecule has 80 valence electrons. The lowest BCUT2D eigenvalue weighted by atomic mass is 10.9. The summed E-state index contributed by atoms with van der Waals surface area (Å²) in [6, 6.07) is 4.63. The molecule has 13 heavy (non-hydrogen) atoms. The molecule has 5 heteroatoms. The van der Waals surface area contributed by atoms with Gasteiger partial charge in [0.1, 0.15) is 0 Å². The molecule has 0 bridgehead atoms. The summed E-state index contributed by atoms with van der Waals surface area (Å²) in [6.07, 6.45) is 0. The molecule has 0 aromatic carbocycles. The molecule has 0 aliphatic carbocycles. The molecule has 0 atom stereocenters. The van der Waals surface area contributed by atoms with Gasteiger partial charge in [-0.15, -0.1) is 0 Å². The second kappa shape index (κ2) is 6.05. The molecule has 0 heterocycles. The van der Waals surface area contributed by atoms with Crippen LogP contribution in [0.5, 0.6) is 0 Å². The van der Waals surface area contributed by atoms with Crippen molar-refractivity contribution in [1.82, 2.24) is 0 Å². The molecule has 0 aliphatic heterocycles. The molecule has 0 aromatic rings. The zero-order chi connectivity index (χ0) is 10.5. The second-order valence-electron chi connectivity index (χ2n) is 3.28. The Balaban J connectivity index is 4.36. The van der Waals surface area contributed by atoms with E-state index in [0.717, 1.165) is 24.2 Å². The summed E-state index contributed by atoms with van der Waals surface area (Å²) in [5, 5.41) is 0. The Morgan fingerprint density at radius 1 is 0.769 bits per heavy atom. The maximum absolute atomic E-state index is 6.33. The minimum atomic E-state index is -1.55. The molecule has 0 aromatic heterocycles. The van der Waals surface area contributed by atoms with E-state index in [4.69, 9.17) is 4.12 Å². The van der Waals surface area contributed by atoms with E-state index in [-0.39, 0.29) is 0 Å². The molecule has 0 spiro atoms. The number of halogens is 2. The van der Waals surface area contributed by atoms with Crippen molar-refractivity contribution < 1.29 is 4.12 Å². The van der Waals surface area contributed by atoms with Gasteiger partial charge in [-0.2, -0.15) is 0 Å². The largest absolute Gasteiger partial charge is 0.439 e. The van der Waals surface area contributed by atoms with Crippen LogP contribution in [0.4, 0.5) is 0 Å². The Morgan fingerprint density at radius 2 is 1.00 bits per heavy atom. The van der Waals surface area contributed by atoms with Crippen LogP contribution in [-0.2, 0) is 4.12 Å². The highest BCUT2D eigenvalue weighted by atomic mass is 79.9. The van der Waals surface area contributed by atoms with Gasteiger partial charge in [-0.05, 0) is 24.2 Å². The van der Waals surface area contributed by atoms with Gasteiger partial charge in [-0.3, -0.25) is 0 Å². The molecule has 0 rings (SSSR count). The summed E-state index contributed by atoms with van der Waals surface area (Å²) >= 11 is 7.64. The summed E-state index contributed by atoms with van der Waals surface area (Å²) in [7, 11) is 0. The van der Waals surface area contributed by atoms with E-state index in [1.165, 1.54) is 0 Å². The Kier molecular flexibility index (Phi) is 6.68. The van der Waals surface area contributed by atoms with Crippen LogP contribution < -0.4 is 0 Å². The first kappa shape index (κ1) is 14.4. The van der Waals surface area contributed by atoms with Crippen molar-refractivity contribution >= 4 is 44.5 Å². The molecule has 1 nitrogen and oxygen atoms in total. The van der Waals surface area contributed by atoms with Crippen LogP contribution in [0.1, 0.15) is 27.7 Å². The van der Waals surface area contributed by atoms with Gasteiger partial charge < -0.3 is 4.12 Å². The molecule has 0 saturated heterocycles. The molecule has 0 N–H and O–H groups in total. The lowest BCUT2D eigenvalue weighted by Crippen LogP contribution is -2.42. The molecule has 0 amide bonds. The molecule has 0 unspecified atom stereocenters. The van der Waals surface area contributed by atoms with Crippen molar-refractivity contribution in [3.8, 4) is 0 Å². The van der Waals surface area contributed by atoms with E-state index in [0.29, 0.717) is 0 Å². The van der Waals surface area contributed by atoms with Crippen LogP contribution in [0, 0.1) is 0 Å². The van der Waals surface area contributed by atoms with E-state index in [2.05, 4.69) is 58.3 Å². The SMILES string of the molecule is CC[Si](Br)(CC)O[Si](Br)(CC)CC. The Labute approximate surface area is 100 Å². The Bertz CT molecular complexity index is 131. The average molecular weight is 348 g/mol. The van der Waals surface area contributed by atoms with Gasteiger partial charge in [0.05, 0.1) is 0 Å². The zero-order valence-corrected chi connectivity index (χ0v) is 14.2. The highest BCUT2D eigenvalue weighted by Gasteiger charge is 2.38. The summed E-state index contributed by atoms with van der Waals surface area (Å²) in [5.41, 5.74) is 0. The van der Waals surface area contributed by atoms with Crippen LogP contribution in [0.2, 0.25) is 24.2 Å². The summed E-state index contributed by atoms with van der Waals surface area (Å²) in [4.78, 5) is 0. The van der Waals surface area contributed by atoms with E-state index >= 15 is 0 Å². The van der Waals surface area contributed by atoms with Gasteiger partial charge in [0, 0.05) is 0 Å². The van der Waals surface area contributed by atoms with Crippen LogP contribution in [-0.4, -0.2) is 13.9 Å². The lowest BCUT2D eigenvalue weighted by molar-refractivity contribution is 0.564. The minimum absolute atomic E-state index is 1.16. The number of hydrogen-bond donors (Lipinski definition) is 0. The smallest absolute Gasteiger partial charge is 0.253 e. The van der Waals surface area contributed by atoms with E-state index in [1.807, 2.05) is 0 Å². The van der Waals surface area contributed by atoms with Crippen molar-refractivity contribution in [2.45, 2.75) is 51.9 Å². The predicted molar refractivity (Wildman–Crippen MR) is 72.4 cm³/mol. The minimum Gasteiger partial charge on any atom is -0.439 e. The molecule has 0 fully saturated rings. The summed E-state index contributed by atoms with van der Waals surface area (Å²) in [5.74, 6) is 0. The third-order valence-corrected chi connectivity index (χ3v) is 19.3. The molecule has 0 radical (unpaired) electrons. The molecule has 0 saturated carbocycles. The average Bonchev–Trinajstić information content (AvgIpc) is 2.17. The third kappa shape index (κ3) is 4.60. The molecular weight excluding hydrogens is 328 g/mol. The van der Waals surface area contributed by atoms with Crippen LogP contribution in [0.3, 0.4) is 0 Å². The standard InChI is InChI=1S/C8H20Br2OSi2/c1-5-12(9,6-2)11-13(10,7-3)8-4/h5-8H2,1-4H3. The van der Waals surface area contributed by atoms with Crippen LogP contribution in [0.25, 0.3) is 0 Å². The van der Waals surface area contributed by atoms with Crippen LogP contribution in [0.15, 0.2) is 0 Å². The summed E-state index contributed by atoms with van der Waals surface area (Å²) in [6.45, 7) is 5.78. The first-order valence-corrected chi connectivity index (χ1v) is 14.2. The maximum atomic E-state index is 6.33. The first-order valence-electron chi connectivity index (χ1n) is 5.03. The fourth-order valence-electron chi connectivity index (χ4n) is 1.12. The second-order valence-corrected chi connectivity index (χ2v) is 19.1. The topological polar surface area (TPSA) is 9.23 Å². The van der Waals surface area contributed by atoms with Crippen molar-refractivity contribution in [2.75, 3.05) is 0 Å². The van der Waals surface area contributed by atoms with E-state index in [1.54, 1.807) is 0 Å². The summed E-state index contributed by atoms with van der Waals surface area (Å²) < 4.78 is 6.33. The van der Waals surface area contributed by atoms with Crippen molar-refractivity contribution in [3.05, 3.63) is 0 Å². The monoisotopic (exact) mass is 346 g/mol. The molecular formula is C8H20Br2OSi2. The predicted octanol–water partition coefficient (Wildman–Crippen LogP) is 4.76. The first-order chi connectivity index (χ1) is 5.95. The third-order valence-electron chi connectivity index (χ3n) is 2.48. The fraction of sp³-hybridized carbons (Fsp3) is 1.00. The lowest BCUT2D eigenvalue weighted by Gasteiger charge is -2.33. The van der Waals surface area contributed by atoms with Gasteiger partial charge in [-0.1, -0.05) is 58.3 Å². The van der Waals surface area contributed by atoms with Gasteiger partial charge in [0.25, 0.3) is 13.9 Å². The van der Waals surface area contributed by atoms with Gasteiger partial charge in [0.2, 0.25) is 0 Å². The van der Waals surface area contributed by atoms with Crippen molar-refractivity contribution in [1.29, 1.82) is 0 Å². The quantitative estimate of drug-likeness (QED) is 0.497. The highest BCUT2D eigenvalue weighted by molar-refractivity contribution is 9.27. The molecule has 0 aliphatic rings. The highest BCUT2D eigenvalue weighted by Crippen LogP contribution is 2.34. The Hall–Kier alpha value is 1.35. The zero-order valence-electron chi connectivity index (χ0n) is 8.99. The van der Waals surface area contributed by atoms with Crippen molar-refractivity contribution in [3.63, 3.8) is 0 Å². The number of rotatable bonds is 6. The Morgan fingerprint density at radius 3 is 1.15 bits per heavy atom. The van der Waals surface area contributed by atoms with Gasteiger partial charge in [0.15, 0.2) is 0 Å². The normalized spacial score (nSPS) is 13.4. The van der Waals surface area contributed by atoms with E-state index in [9.17, 15) is 0 Å².